The van der Waals surface area contributed by atoms with Crippen LogP contribution in [-0.4, -0.2) is 22.6 Å². The maximum Gasteiger partial charge on any atom is 0.275 e. The van der Waals surface area contributed by atoms with Crippen LogP contribution in [0.2, 0.25) is 0 Å². The van der Waals surface area contributed by atoms with Crippen LogP contribution in [-0.2, 0) is 16.1 Å². The fourth-order valence-electron chi connectivity index (χ4n) is 2.46. The molecule has 0 saturated carbocycles. The molecule has 2 heterocycles. The van der Waals surface area contributed by atoms with Crippen molar-refractivity contribution in [3.05, 3.63) is 34.7 Å². The van der Waals surface area contributed by atoms with Gasteiger partial charge in [-0.1, -0.05) is 18.2 Å². The van der Waals surface area contributed by atoms with Crippen LogP contribution in [0.5, 0.6) is 0 Å². The highest BCUT2D eigenvalue weighted by atomic mass is 32.1. The number of fused-ring (bicyclic) bond motifs is 1. The normalized spacial score (nSPS) is 15.0. The molecule has 3 rings (SSSR count). The first-order valence-electron chi connectivity index (χ1n) is 6.46. The Morgan fingerprint density at radius 3 is 2.57 bits per heavy atom. The second-order valence-electron chi connectivity index (χ2n) is 4.75. The van der Waals surface area contributed by atoms with Gasteiger partial charge in [-0.15, -0.1) is 11.3 Å². The Morgan fingerprint density at radius 1 is 1.24 bits per heavy atom. The molecule has 21 heavy (non-hydrogen) atoms. The van der Waals surface area contributed by atoms with Gasteiger partial charge >= 0.3 is 0 Å². The van der Waals surface area contributed by atoms with Crippen LogP contribution in [0, 0.1) is 0 Å². The van der Waals surface area contributed by atoms with E-state index in [1.54, 1.807) is 0 Å². The second kappa shape index (κ2) is 5.27. The van der Waals surface area contributed by atoms with Crippen LogP contribution in [0.25, 0.3) is 10.1 Å². The van der Waals surface area contributed by atoms with Gasteiger partial charge in [-0.05, 0) is 11.5 Å². The molecule has 2 aromatic rings. The number of thiophene rings is 1. The molecule has 6 nitrogen and oxygen atoms in total. The number of nitrogens with zero attached hydrogens (tertiary/aromatic N) is 1. The summed E-state index contributed by atoms with van der Waals surface area (Å²) in [7, 11) is 0. The molecule has 1 aromatic heterocycles. The van der Waals surface area contributed by atoms with E-state index >= 15 is 0 Å². The molecule has 0 atom stereocenters. The van der Waals surface area contributed by atoms with Crippen molar-refractivity contribution in [1.29, 1.82) is 0 Å². The minimum Gasteiger partial charge on any atom is -0.289 e. The molecule has 108 valence electrons. The number of amides is 3. The first kappa shape index (κ1) is 13.7. The van der Waals surface area contributed by atoms with Crippen molar-refractivity contribution >= 4 is 39.1 Å². The molecule has 1 aliphatic rings. The monoisotopic (exact) mass is 303 g/mol. The van der Waals surface area contributed by atoms with E-state index < -0.39 is 5.91 Å². The molecule has 1 aromatic carbocycles. The largest absolute Gasteiger partial charge is 0.289 e. The maximum absolute atomic E-state index is 11.9. The number of hydrazine groups is 1. The minimum atomic E-state index is -0.412. The first-order valence-corrected chi connectivity index (χ1v) is 7.28. The van der Waals surface area contributed by atoms with Gasteiger partial charge in [0.15, 0.2) is 0 Å². The lowest BCUT2D eigenvalue weighted by Gasteiger charge is -2.14. The maximum atomic E-state index is 11.9. The van der Waals surface area contributed by atoms with E-state index in [-0.39, 0.29) is 31.2 Å². The van der Waals surface area contributed by atoms with Gasteiger partial charge in [-0.2, -0.15) is 0 Å². The summed E-state index contributed by atoms with van der Waals surface area (Å²) in [6.07, 6.45) is 0.471. The number of hydrogen-bond donors (Lipinski definition) is 2. The van der Waals surface area contributed by atoms with E-state index in [1.807, 2.05) is 24.3 Å². The van der Waals surface area contributed by atoms with Gasteiger partial charge in [-0.25, -0.2) is 5.84 Å². The van der Waals surface area contributed by atoms with Crippen molar-refractivity contribution in [3.8, 4) is 0 Å². The number of likely N-dealkylation sites (tertiary alicyclic amines) is 1. The van der Waals surface area contributed by atoms with Crippen LogP contribution in [0.15, 0.2) is 24.3 Å². The van der Waals surface area contributed by atoms with Gasteiger partial charge < -0.3 is 0 Å². The summed E-state index contributed by atoms with van der Waals surface area (Å²) in [4.78, 5) is 37.1. The summed E-state index contributed by atoms with van der Waals surface area (Å²) >= 11 is 1.30. The van der Waals surface area contributed by atoms with Crippen LogP contribution < -0.4 is 11.3 Å². The van der Waals surface area contributed by atoms with Gasteiger partial charge in [0, 0.05) is 23.1 Å². The molecule has 1 aliphatic heterocycles. The summed E-state index contributed by atoms with van der Waals surface area (Å²) in [5.74, 6) is 4.41. The zero-order valence-corrected chi connectivity index (χ0v) is 11.9. The Morgan fingerprint density at radius 2 is 1.90 bits per heavy atom. The summed E-state index contributed by atoms with van der Waals surface area (Å²) in [6, 6.07) is 7.50. The average molecular weight is 303 g/mol. The topological polar surface area (TPSA) is 92.5 Å². The predicted molar refractivity (Wildman–Crippen MR) is 78.3 cm³/mol. The third-order valence-corrected chi connectivity index (χ3v) is 4.72. The zero-order chi connectivity index (χ0) is 15.0. The number of nitrogens with one attached hydrogen (secondary N) is 1. The van der Waals surface area contributed by atoms with Crippen LogP contribution in [0.3, 0.4) is 0 Å². The SMILES string of the molecule is NNC(=O)c1sc2ccccc2c1CN1C(=O)CCC1=O. The number of imide groups is 1. The highest BCUT2D eigenvalue weighted by molar-refractivity contribution is 7.21. The number of hydrogen-bond acceptors (Lipinski definition) is 5. The predicted octanol–water partition coefficient (Wildman–Crippen LogP) is 1.15. The first-order chi connectivity index (χ1) is 10.1. The van der Waals surface area contributed by atoms with Crippen molar-refractivity contribution in [1.82, 2.24) is 10.3 Å². The van der Waals surface area contributed by atoms with Gasteiger partial charge in [0.25, 0.3) is 5.91 Å². The summed E-state index contributed by atoms with van der Waals surface area (Å²) in [5.41, 5.74) is 2.78. The van der Waals surface area contributed by atoms with E-state index in [0.29, 0.717) is 10.4 Å². The number of rotatable bonds is 3. The molecular formula is C14H13N3O3S. The molecule has 0 spiro atoms. The van der Waals surface area contributed by atoms with Gasteiger partial charge in [-0.3, -0.25) is 24.7 Å². The summed E-state index contributed by atoms with van der Waals surface area (Å²) in [5, 5.41) is 0.869. The highest BCUT2D eigenvalue weighted by Gasteiger charge is 2.31. The molecule has 1 fully saturated rings. The summed E-state index contributed by atoms with van der Waals surface area (Å²) in [6.45, 7) is 0.116. The molecular weight excluding hydrogens is 290 g/mol. The lowest BCUT2D eigenvalue weighted by molar-refractivity contribution is -0.139. The molecule has 0 bridgehead atoms. The average Bonchev–Trinajstić information content (AvgIpc) is 3.02. The Kier molecular flexibility index (Phi) is 3.44. The van der Waals surface area contributed by atoms with Crippen molar-refractivity contribution in [2.75, 3.05) is 0 Å². The third-order valence-electron chi connectivity index (χ3n) is 3.51. The fourth-order valence-corrected chi connectivity index (χ4v) is 3.58. The van der Waals surface area contributed by atoms with E-state index in [1.165, 1.54) is 16.2 Å². The Balaban J connectivity index is 2.09. The Bertz CT molecular complexity index is 737. The molecule has 7 heteroatoms. The zero-order valence-electron chi connectivity index (χ0n) is 11.1. The van der Waals surface area contributed by atoms with Crippen molar-refractivity contribution in [2.45, 2.75) is 19.4 Å². The fraction of sp³-hybridized carbons (Fsp3) is 0.214. The van der Waals surface area contributed by atoms with Crippen LogP contribution in [0.4, 0.5) is 0 Å². The highest BCUT2D eigenvalue weighted by Crippen LogP contribution is 2.33. The van der Waals surface area contributed by atoms with Crippen LogP contribution in [0.1, 0.15) is 28.1 Å². The number of benzene rings is 1. The molecule has 0 unspecified atom stereocenters. The van der Waals surface area contributed by atoms with Crippen LogP contribution >= 0.6 is 11.3 Å². The second-order valence-corrected chi connectivity index (χ2v) is 5.81. The molecule has 0 aliphatic carbocycles. The molecule has 3 amide bonds. The van der Waals surface area contributed by atoms with E-state index in [2.05, 4.69) is 5.43 Å². The summed E-state index contributed by atoms with van der Waals surface area (Å²) < 4.78 is 0.921. The minimum absolute atomic E-state index is 0.116. The van der Waals surface area contributed by atoms with Gasteiger partial charge in [0.05, 0.1) is 11.4 Å². The quantitative estimate of drug-likeness (QED) is 0.385. The smallest absolute Gasteiger partial charge is 0.275 e. The number of carbonyl (C=O) groups excluding carboxylic acids is 3. The van der Waals surface area contributed by atoms with E-state index in [0.717, 1.165) is 10.1 Å². The van der Waals surface area contributed by atoms with Crippen molar-refractivity contribution in [2.24, 2.45) is 5.84 Å². The standard InChI is InChI=1S/C14H13N3O3S/c15-16-14(20)13-9(7-17-11(18)5-6-12(17)19)8-3-1-2-4-10(8)21-13/h1-4H,5-7,15H2,(H,16,20). The van der Waals surface area contributed by atoms with Gasteiger partial charge in [0.1, 0.15) is 0 Å². The molecule has 3 N–H and O–H groups in total. The Hall–Kier alpha value is -2.25. The van der Waals surface area contributed by atoms with E-state index in [9.17, 15) is 14.4 Å². The molecule has 0 radical (unpaired) electrons. The van der Waals surface area contributed by atoms with E-state index in [4.69, 9.17) is 5.84 Å². The lowest BCUT2D eigenvalue weighted by Crippen LogP contribution is -2.32. The Labute approximate surface area is 124 Å². The van der Waals surface area contributed by atoms with Crippen molar-refractivity contribution < 1.29 is 14.4 Å². The number of nitrogen functional groups attached to an aromatic ring is 1. The molecule has 1 saturated heterocycles. The number of carbonyl (C=O) groups is 3. The number of nitrogens with two attached hydrogens (primary N) is 1. The third kappa shape index (κ3) is 2.30. The lowest BCUT2D eigenvalue weighted by atomic mass is 10.1. The van der Waals surface area contributed by atoms with Crippen molar-refractivity contribution in [3.63, 3.8) is 0 Å². The van der Waals surface area contributed by atoms with Gasteiger partial charge in [0.2, 0.25) is 11.8 Å².